The molecule has 0 radical (unpaired) electrons. The molecule has 26 heavy (non-hydrogen) atoms. The van der Waals surface area contributed by atoms with Gasteiger partial charge in [0.2, 0.25) is 5.91 Å². The molecule has 1 aromatic rings. The summed E-state index contributed by atoms with van der Waals surface area (Å²) in [6.45, 7) is 7.70. The Morgan fingerprint density at radius 1 is 1.15 bits per heavy atom. The van der Waals surface area contributed by atoms with Crippen molar-refractivity contribution in [3.8, 4) is 0 Å². The third-order valence-corrected chi connectivity index (χ3v) is 5.34. The smallest absolute Gasteiger partial charge is 0.239 e. The van der Waals surface area contributed by atoms with E-state index in [0.29, 0.717) is 12.5 Å². The molecule has 1 aromatic carbocycles. The van der Waals surface area contributed by atoms with Gasteiger partial charge >= 0.3 is 0 Å². The number of amides is 1. The lowest BCUT2D eigenvalue weighted by atomic mass is 10.1. The molecule has 2 fully saturated rings. The Hall–Kier alpha value is -1.08. The highest BCUT2D eigenvalue weighted by atomic mass is 35.5. The molecular formula is C18H29Cl2FN4O. The van der Waals surface area contributed by atoms with E-state index in [1.165, 1.54) is 12.1 Å². The maximum Gasteiger partial charge on any atom is 0.239 e. The van der Waals surface area contributed by atoms with Gasteiger partial charge in [0.05, 0.1) is 6.04 Å². The summed E-state index contributed by atoms with van der Waals surface area (Å²) in [5.74, 6) is 0.468. The largest absolute Gasteiger partial charge is 0.369 e. The summed E-state index contributed by atoms with van der Waals surface area (Å²) in [6.07, 6.45) is 1.02. The van der Waals surface area contributed by atoms with Crippen LogP contribution in [-0.4, -0.2) is 67.6 Å². The van der Waals surface area contributed by atoms with Crippen molar-refractivity contribution in [2.75, 3.05) is 50.7 Å². The number of rotatable bonds is 4. The van der Waals surface area contributed by atoms with Crippen molar-refractivity contribution in [1.29, 1.82) is 0 Å². The molecule has 2 saturated heterocycles. The molecule has 0 saturated carbocycles. The van der Waals surface area contributed by atoms with E-state index < -0.39 is 0 Å². The Bertz CT molecular complexity index is 567. The minimum Gasteiger partial charge on any atom is -0.369 e. The number of nitrogens with zero attached hydrogens (tertiary/aromatic N) is 3. The standard InChI is InChI=1S/C18H27FN4O.2ClH/c1-14(18(24)23-7-6-15(12-20)13-23)21-8-10-22(11-9-21)17-4-2-16(19)3-5-17;;/h2-5,14-15H,6-13,20H2,1H3;2*1H. The highest BCUT2D eigenvalue weighted by Gasteiger charge is 2.32. The number of hydrogen-bond acceptors (Lipinski definition) is 4. The van der Waals surface area contributed by atoms with Gasteiger partial charge in [0, 0.05) is 45.0 Å². The number of likely N-dealkylation sites (tertiary alicyclic amines) is 1. The number of halogens is 3. The van der Waals surface area contributed by atoms with Crippen LogP contribution in [0, 0.1) is 11.7 Å². The van der Waals surface area contributed by atoms with E-state index in [2.05, 4.69) is 9.80 Å². The second-order valence-electron chi connectivity index (χ2n) is 6.85. The Balaban J connectivity index is 0.00000169. The molecule has 2 aliphatic rings. The predicted octanol–water partition coefficient (Wildman–Crippen LogP) is 1.99. The average Bonchev–Trinajstić information content (AvgIpc) is 3.10. The fraction of sp³-hybridized carbons (Fsp3) is 0.611. The van der Waals surface area contributed by atoms with Gasteiger partial charge in [0.1, 0.15) is 5.82 Å². The van der Waals surface area contributed by atoms with Crippen LogP contribution in [0.4, 0.5) is 10.1 Å². The van der Waals surface area contributed by atoms with Gasteiger partial charge in [-0.05, 0) is 50.1 Å². The van der Waals surface area contributed by atoms with E-state index in [0.717, 1.165) is 51.4 Å². The number of anilines is 1. The van der Waals surface area contributed by atoms with Crippen molar-refractivity contribution < 1.29 is 9.18 Å². The third kappa shape index (κ3) is 5.22. The van der Waals surface area contributed by atoms with Gasteiger partial charge in [0.25, 0.3) is 0 Å². The number of benzene rings is 1. The normalized spacial score (nSPS) is 21.7. The first-order valence-corrected chi connectivity index (χ1v) is 8.82. The van der Waals surface area contributed by atoms with Crippen molar-refractivity contribution in [1.82, 2.24) is 9.80 Å². The van der Waals surface area contributed by atoms with E-state index >= 15 is 0 Å². The van der Waals surface area contributed by atoms with Crippen molar-refractivity contribution in [3.05, 3.63) is 30.1 Å². The number of carbonyl (C=O) groups is 1. The Kier molecular flexibility index (Phi) is 9.10. The fourth-order valence-corrected chi connectivity index (χ4v) is 3.66. The zero-order chi connectivity index (χ0) is 17.1. The summed E-state index contributed by atoms with van der Waals surface area (Å²) < 4.78 is 13.0. The molecule has 5 nitrogen and oxygen atoms in total. The molecule has 2 aliphatic heterocycles. The summed E-state index contributed by atoms with van der Waals surface area (Å²) >= 11 is 0. The zero-order valence-electron chi connectivity index (χ0n) is 15.1. The first-order chi connectivity index (χ1) is 11.6. The fourth-order valence-electron chi connectivity index (χ4n) is 3.66. The Morgan fingerprint density at radius 2 is 1.77 bits per heavy atom. The van der Waals surface area contributed by atoms with Crippen molar-refractivity contribution in [2.45, 2.75) is 19.4 Å². The molecule has 0 bridgehead atoms. The van der Waals surface area contributed by atoms with E-state index in [4.69, 9.17) is 5.73 Å². The molecule has 2 N–H and O–H groups in total. The van der Waals surface area contributed by atoms with Crippen molar-refractivity contribution in [2.24, 2.45) is 11.7 Å². The quantitative estimate of drug-likeness (QED) is 0.830. The van der Waals surface area contributed by atoms with E-state index in [-0.39, 0.29) is 42.6 Å². The molecule has 2 heterocycles. The van der Waals surface area contributed by atoms with Gasteiger partial charge in [-0.1, -0.05) is 0 Å². The maximum atomic E-state index is 13.0. The summed E-state index contributed by atoms with van der Waals surface area (Å²) in [4.78, 5) is 19.1. The van der Waals surface area contributed by atoms with Crippen LogP contribution in [0.2, 0.25) is 0 Å². The van der Waals surface area contributed by atoms with Gasteiger partial charge in [-0.25, -0.2) is 4.39 Å². The van der Waals surface area contributed by atoms with Crippen LogP contribution in [0.5, 0.6) is 0 Å². The zero-order valence-corrected chi connectivity index (χ0v) is 16.8. The molecule has 0 aliphatic carbocycles. The van der Waals surface area contributed by atoms with Crippen molar-refractivity contribution in [3.63, 3.8) is 0 Å². The maximum absolute atomic E-state index is 13.0. The van der Waals surface area contributed by atoms with Gasteiger partial charge in [-0.3, -0.25) is 9.69 Å². The van der Waals surface area contributed by atoms with E-state index in [1.54, 1.807) is 0 Å². The topological polar surface area (TPSA) is 52.8 Å². The lowest BCUT2D eigenvalue weighted by Gasteiger charge is -2.39. The third-order valence-electron chi connectivity index (χ3n) is 5.34. The molecule has 8 heteroatoms. The predicted molar refractivity (Wildman–Crippen MR) is 108 cm³/mol. The molecule has 2 unspecified atom stereocenters. The van der Waals surface area contributed by atoms with Gasteiger partial charge < -0.3 is 15.5 Å². The van der Waals surface area contributed by atoms with Crippen LogP contribution < -0.4 is 10.6 Å². The molecule has 0 spiro atoms. The summed E-state index contributed by atoms with van der Waals surface area (Å²) in [5, 5.41) is 0. The highest BCUT2D eigenvalue weighted by Crippen LogP contribution is 2.20. The number of hydrogen-bond donors (Lipinski definition) is 1. The first-order valence-electron chi connectivity index (χ1n) is 8.82. The molecular weight excluding hydrogens is 378 g/mol. The SMILES string of the molecule is CC(C(=O)N1CCC(CN)C1)N1CCN(c2ccc(F)cc2)CC1.Cl.Cl. The van der Waals surface area contributed by atoms with E-state index in [9.17, 15) is 9.18 Å². The van der Waals surface area contributed by atoms with Gasteiger partial charge in [-0.2, -0.15) is 0 Å². The minimum atomic E-state index is -0.210. The van der Waals surface area contributed by atoms with Crippen LogP contribution >= 0.6 is 24.8 Å². The molecule has 2 atom stereocenters. The minimum absolute atomic E-state index is 0. The van der Waals surface area contributed by atoms with Crippen LogP contribution in [0.3, 0.4) is 0 Å². The monoisotopic (exact) mass is 406 g/mol. The number of piperazine rings is 1. The van der Waals surface area contributed by atoms with Crippen LogP contribution in [0.25, 0.3) is 0 Å². The van der Waals surface area contributed by atoms with Crippen LogP contribution in [-0.2, 0) is 4.79 Å². The Labute approximate surface area is 167 Å². The second kappa shape index (κ2) is 10.3. The number of carbonyl (C=O) groups excluding carboxylic acids is 1. The van der Waals surface area contributed by atoms with Crippen molar-refractivity contribution >= 4 is 36.4 Å². The van der Waals surface area contributed by atoms with Crippen LogP contribution in [0.1, 0.15) is 13.3 Å². The average molecular weight is 407 g/mol. The van der Waals surface area contributed by atoms with Gasteiger partial charge in [0.15, 0.2) is 0 Å². The summed E-state index contributed by atoms with van der Waals surface area (Å²) in [7, 11) is 0. The van der Waals surface area contributed by atoms with Crippen LogP contribution in [0.15, 0.2) is 24.3 Å². The highest BCUT2D eigenvalue weighted by molar-refractivity contribution is 5.85. The molecule has 0 aromatic heterocycles. The van der Waals surface area contributed by atoms with E-state index in [1.807, 2.05) is 24.0 Å². The van der Waals surface area contributed by atoms with Gasteiger partial charge in [-0.15, -0.1) is 24.8 Å². The Morgan fingerprint density at radius 3 is 2.31 bits per heavy atom. The lowest BCUT2D eigenvalue weighted by molar-refractivity contribution is -0.135. The molecule has 1 amide bonds. The lowest BCUT2D eigenvalue weighted by Crippen LogP contribution is -2.54. The molecule has 148 valence electrons. The first kappa shape index (κ1) is 23.0. The second-order valence-corrected chi connectivity index (χ2v) is 6.85. The number of nitrogens with two attached hydrogens (primary N) is 1. The summed E-state index contributed by atoms with van der Waals surface area (Å²) in [5.41, 5.74) is 6.76. The summed E-state index contributed by atoms with van der Waals surface area (Å²) in [6, 6.07) is 6.54. The molecule has 3 rings (SSSR count).